The molecule has 1 atom stereocenters. The molecule has 1 aliphatic heterocycles. The van der Waals surface area contributed by atoms with Crippen molar-refractivity contribution in [3.8, 4) is 0 Å². The van der Waals surface area contributed by atoms with E-state index in [0.29, 0.717) is 18.7 Å². The Morgan fingerprint density at radius 2 is 2.27 bits per heavy atom. The highest BCUT2D eigenvalue weighted by molar-refractivity contribution is 7.88. The molecular formula is C14H21N3O4S. The number of sulfonamides is 1. The molecule has 0 aromatic carbocycles. The second-order valence-corrected chi connectivity index (χ2v) is 7.08. The zero-order valence-electron chi connectivity index (χ0n) is 12.8. The minimum atomic E-state index is -3.21. The maximum atomic E-state index is 11.6. The smallest absolute Gasteiger partial charge is 0.339 e. The molecule has 1 N–H and O–H groups in total. The fraction of sp³-hybridized carbons (Fsp3) is 0.571. The van der Waals surface area contributed by atoms with Gasteiger partial charge in [-0.2, -0.15) is 0 Å². The second kappa shape index (κ2) is 7.06. The number of pyridine rings is 1. The van der Waals surface area contributed by atoms with Gasteiger partial charge in [0.2, 0.25) is 10.0 Å². The Bertz CT molecular complexity index is 615. The van der Waals surface area contributed by atoms with Crippen LogP contribution in [0.25, 0.3) is 0 Å². The highest BCUT2D eigenvalue weighted by Crippen LogP contribution is 2.18. The third-order valence-corrected chi connectivity index (χ3v) is 4.15. The molecule has 2 rings (SSSR count). The molecule has 8 heteroatoms. The van der Waals surface area contributed by atoms with Crippen molar-refractivity contribution >= 4 is 21.8 Å². The molecule has 1 fully saturated rings. The van der Waals surface area contributed by atoms with Crippen LogP contribution in [0.2, 0.25) is 0 Å². The summed E-state index contributed by atoms with van der Waals surface area (Å²) in [5, 5.41) is 0. The molecule has 0 amide bonds. The first-order chi connectivity index (χ1) is 10.4. The van der Waals surface area contributed by atoms with E-state index in [1.807, 2.05) is 4.90 Å². The molecule has 2 heterocycles. The van der Waals surface area contributed by atoms with Crippen molar-refractivity contribution in [1.29, 1.82) is 0 Å². The largest absolute Gasteiger partial charge is 0.462 e. The van der Waals surface area contributed by atoms with E-state index in [1.54, 1.807) is 19.1 Å². The number of piperidine rings is 1. The number of carbonyl (C=O) groups excluding carboxylic acids is 1. The van der Waals surface area contributed by atoms with Crippen molar-refractivity contribution in [2.75, 3.05) is 30.9 Å². The zero-order valence-corrected chi connectivity index (χ0v) is 13.6. The van der Waals surface area contributed by atoms with E-state index < -0.39 is 16.0 Å². The topological polar surface area (TPSA) is 88.6 Å². The molecule has 0 aliphatic carbocycles. The molecule has 0 radical (unpaired) electrons. The quantitative estimate of drug-likeness (QED) is 0.804. The average molecular weight is 327 g/mol. The van der Waals surface area contributed by atoms with E-state index >= 15 is 0 Å². The number of nitrogens with zero attached hydrogens (tertiary/aromatic N) is 2. The highest BCUT2D eigenvalue weighted by Gasteiger charge is 2.23. The van der Waals surface area contributed by atoms with Crippen molar-refractivity contribution < 1.29 is 17.9 Å². The van der Waals surface area contributed by atoms with Gasteiger partial charge >= 0.3 is 5.97 Å². The lowest BCUT2D eigenvalue weighted by Crippen LogP contribution is -2.47. The van der Waals surface area contributed by atoms with E-state index in [-0.39, 0.29) is 6.04 Å². The molecule has 0 unspecified atom stereocenters. The monoisotopic (exact) mass is 327 g/mol. The van der Waals surface area contributed by atoms with Gasteiger partial charge in [-0.3, -0.25) is 0 Å². The molecule has 122 valence electrons. The predicted molar refractivity (Wildman–Crippen MR) is 83.4 cm³/mol. The van der Waals surface area contributed by atoms with E-state index in [2.05, 4.69) is 9.71 Å². The maximum Gasteiger partial charge on any atom is 0.339 e. The number of hydrogen-bond acceptors (Lipinski definition) is 6. The summed E-state index contributed by atoms with van der Waals surface area (Å²) in [6.07, 6.45) is 4.35. The van der Waals surface area contributed by atoms with Crippen LogP contribution in [0.5, 0.6) is 0 Å². The summed E-state index contributed by atoms with van der Waals surface area (Å²) in [7, 11) is -3.21. The Kier molecular flexibility index (Phi) is 5.36. The molecule has 0 spiro atoms. The molecule has 1 saturated heterocycles. The normalized spacial score (nSPS) is 19.0. The summed E-state index contributed by atoms with van der Waals surface area (Å²) >= 11 is 0. The number of anilines is 1. The first kappa shape index (κ1) is 16.7. The van der Waals surface area contributed by atoms with E-state index in [4.69, 9.17) is 4.74 Å². The number of carbonyl (C=O) groups is 1. The SMILES string of the molecule is CCOC(=O)c1ccc(N2CCC[C@@H](NS(C)(=O)=O)C2)nc1. The number of ether oxygens (including phenoxy) is 1. The van der Waals surface area contributed by atoms with Gasteiger partial charge in [-0.05, 0) is 31.9 Å². The Morgan fingerprint density at radius 1 is 1.50 bits per heavy atom. The lowest BCUT2D eigenvalue weighted by molar-refractivity contribution is 0.0526. The van der Waals surface area contributed by atoms with Gasteiger partial charge in [-0.25, -0.2) is 22.9 Å². The minimum Gasteiger partial charge on any atom is -0.462 e. The minimum absolute atomic E-state index is 0.115. The third kappa shape index (κ3) is 4.67. The molecule has 0 saturated carbocycles. The fourth-order valence-electron chi connectivity index (χ4n) is 2.49. The maximum absolute atomic E-state index is 11.6. The lowest BCUT2D eigenvalue weighted by Gasteiger charge is -2.33. The Balaban J connectivity index is 2.03. The molecule has 1 aliphatic rings. The number of hydrogen-bond donors (Lipinski definition) is 1. The van der Waals surface area contributed by atoms with Gasteiger partial charge < -0.3 is 9.64 Å². The van der Waals surface area contributed by atoms with Crippen LogP contribution in [0.4, 0.5) is 5.82 Å². The van der Waals surface area contributed by atoms with E-state index in [0.717, 1.165) is 25.2 Å². The van der Waals surface area contributed by atoms with Gasteiger partial charge in [-0.15, -0.1) is 0 Å². The van der Waals surface area contributed by atoms with E-state index in [1.165, 1.54) is 12.5 Å². The van der Waals surface area contributed by atoms with Crippen molar-refractivity contribution in [3.63, 3.8) is 0 Å². The van der Waals surface area contributed by atoms with Gasteiger partial charge in [0, 0.05) is 25.3 Å². The number of esters is 1. The van der Waals surface area contributed by atoms with Crippen LogP contribution in [-0.2, 0) is 14.8 Å². The summed E-state index contributed by atoms with van der Waals surface area (Å²) in [5.74, 6) is 0.338. The zero-order chi connectivity index (χ0) is 16.2. The molecule has 7 nitrogen and oxygen atoms in total. The van der Waals surface area contributed by atoms with Gasteiger partial charge in [0.05, 0.1) is 18.4 Å². The van der Waals surface area contributed by atoms with E-state index in [9.17, 15) is 13.2 Å². The van der Waals surface area contributed by atoms with Crippen molar-refractivity contribution in [3.05, 3.63) is 23.9 Å². The van der Waals surface area contributed by atoms with Gasteiger partial charge in [0.15, 0.2) is 0 Å². The van der Waals surface area contributed by atoms with Crippen LogP contribution in [0.3, 0.4) is 0 Å². The summed E-state index contributed by atoms with van der Waals surface area (Å²) in [5.41, 5.74) is 0.411. The third-order valence-electron chi connectivity index (χ3n) is 3.39. The second-order valence-electron chi connectivity index (χ2n) is 5.30. The number of nitrogens with one attached hydrogen (secondary N) is 1. The Labute approximate surface area is 130 Å². The van der Waals surface area contributed by atoms with Crippen LogP contribution in [-0.4, -0.2) is 51.4 Å². The standard InChI is InChI=1S/C14H21N3O4S/c1-3-21-14(18)11-6-7-13(15-9-11)17-8-4-5-12(10-17)16-22(2,19)20/h6-7,9,12,16H,3-5,8,10H2,1-2H3/t12-/m1/s1. The van der Waals surface area contributed by atoms with Gasteiger partial charge in [0.1, 0.15) is 5.82 Å². The Hall–Kier alpha value is -1.67. The molecule has 22 heavy (non-hydrogen) atoms. The van der Waals surface area contributed by atoms with Crippen molar-refractivity contribution in [2.24, 2.45) is 0 Å². The number of aromatic nitrogens is 1. The lowest BCUT2D eigenvalue weighted by atomic mass is 10.1. The van der Waals surface area contributed by atoms with Crippen molar-refractivity contribution in [1.82, 2.24) is 9.71 Å². The van der Waals surface area contributed by atoms with Crippen LogP contribution < -0.4 is 9.62 Å². The molecule has 1 aromatic heterocycles. The average Bonchev–Trinajstić information content (AvgIpc) is 2.46. The molecular weight excluding hydrogens is 306 g/mol. The molecule has 1 aromatic rings. The summed E-state index contributed by atoms with van der Waals surface area (Å²) in [4.78, 5) is 17.9. The predicted octanol–water partition coefficient (Wildman–Crippen LogP) is 0.776. The van der Waals surface area contributed by atoms with Crippen LogP contribution in [0.15, 0.2) is 18.3 Å². The van der Waals surface area contributed by atoms with Gasteiger partial charge in [0.25, 0.3) is 0 Å². The Morgan fingerprint density at radius 3 is 2.86 bits per heavy atom. The van der Waals surface area contributed by atoms with Crippen LogP contribution in [0, 0.1) is 0 Å². The summed E-state index contributed by atoms with van der Waals surface area (Å²) in [6, 6.07) is 3.32. The van der Waals surface area contributed by atoms with Crippen LogP contribution in [0.1, 0.15) is 30.1 Å². The van der Waals surface area contributed by atoms with Crippen LogP contribution >= 0.6 is 0 Å². The molecule has 0 bridgehead atoms. The summed E-state index contributed by atoms with van der Waals surface area (Å²) < 4.78 is 30.2. The first-order valence-corrected chi connectivity index (χ1v) is 9.13. The highest BCUT2D eigenvalue weighted by atomic mass is 32.2. The van der Waals surface area contributed by atoms with Crippen molar-refractivity contribution in [2.45, 2.75) is 25.8 Å². The van der Waals surface area contributed by atoms with Gasteiger partial charge in [-0.1, -0.05) is 0 Å². The summed E-state index contributed by atoms with van der Waals surface area (Å²) in [6.45, 7) is 3.46. The number of rotatable bonds is 5. The first-order valence-electron chi connectivity index (χ1n) is 7.24. The fourth-order valence-corrected chi connectivity index (χ4v) is 3.29.